The zero-order chi connectivity index (χ0) is 16.5. The topological polar surface area (TPSA) is 115 Å². The molecule has 8 nitrogen and oxygen atoms in total. The zero-order valence-electron chi connectivity index (χ0n) is 10.2. The number of aromatic nitrogens is 2. The summed E-state index contributed by atoms with van der Waals surface area (Å²) in [5, 5.41) is 14.6. The fourth-order valence-electron chi connectivity index (χ4n) is 1.32. The van der Waals surface area contributed by atoms with Crippen LogP contribution in [0.25, 0.3) is 0 Å². The molecular weight excluding hydrogens is 349 g/mol. The highest BCUT2D eigenvalue weighted by Crippen LogP contribution is 2.33. The van der Waals surface area contributed by atoms with Crippen molar-refractivity contribution in [3.05, 3.63) is 39.4 Å². The van der Waals surface area contributed by atoms with E-state index in [0.717, 1.165) is 24.3 Å². The monoisotopic (exact) mass is 354 g/mol. The molecule has 1 N–H and O–H groups in total. The van der Waals surface area contributed by atoms with Gasteiger partial charge >= 0.3 is 6.18 Å². The van der Waals surface area contributed by atoms with E-state index in [1.807, 2.05) is 0 Å². The van der Waals surface area contributed by atoms with Crippen LogP contribution in [0.15, 0.2) is 29.2 Å². The number of nitrogens with zero attached hydrogens (tertiary/aromatic N) is 3. The van der Waals surface area contributed by atoms with Gasteiger partial charge in [-0.1, -0.05) is 17.4 Å². The van der Waals surface area contributed by atoms with E-state index in [2.05, 4.69) is 10.2 Å². The van der Waals surface area contributed by atoms with Crippen LogP contribution in [0.1, 0.15) is 5.01 Å². The number of rotatable bonds is 4. The lowest BCUT2D eigenvalue weighted by Gasteiger charge is -2.04. The summed E-state index contributed by atoms with van der Waals surface area (Å²) >= 11 is 0.000484. The predicted molar refractivity (Wildman–Crippen MR) is 68.8 cm³/mol. The van der Waals surface area contributed by atoms with Crippen molar-refractivity contribution in [2.75, 3.05) is 4.72 Å². The highest BCUT2D eigenvalue weighted by molar-refractivity contribution is 7.93. The molecule has 0 spiro atoms. The summed E-state index contributed by atoms with van der Waals surface area (Å²) < 4.78 is 62.8. The molecule has 0 aliphatic heterocycles. The molecule has 2 aromatic rings. The van der Waals surface area contributed by atoms with E-state index in [0.29, 0.717) is 0 Å². The van der Waals surface area contributed by atoms with Crippen molar-refractivity contribution in [3.8, 4) is 0 Å². The molecule has 0 amide bonds. The van der Waals surface area contributed by atoms with Gasteiger partial charge in [-0.25, -0.2) is 8.42 Å². The van der Waals surface area contributed by atoms with Crippen LogP contribution in [-0.2, 0) is 16.2 Å². The predicted octanol–water partition coefficient (Wildman–Crippen LogP) is 2.27. The summed E-state index contributed by atoms with van der Waals surface area (Å²) in [5.41, 5.74) is -0.476. The summed E-state index contributed by atoms with van der Waals surface area (Å²) in [6, 6.07) is 4.04. The van der Waals surface area contributed by atoms with Crippen molar-refractivity contribution >= 4 is 32.2 Å². The van der Waals surface area contributed by atoms with Gasteiger partial charge in [-0.15, -0.1) is 10.2 Å². The fraction of sp³-hybridized carbons (Fsp3) is 0.111. The molecule has 118 valence electrons. The van der Waals surface area contributed by atoms with Gasteiger partial charge in [0.05, 0.1) is 9.82 Å². The maximum absolute atomic E-state index is 12.4. The molecule has 0 saturated heterocycles. The highest BCUT2D eigenvalue weighted by atomic mass is 32.2. The normalized spacial score (nSPS) is 12.1. The molecule has 1 heterocycles. The van der Waals surface area contributed by atoms with Crippen LogP contribution in [0.3, 0.4) is 0 Å². The zero-order valence-corrected chi connectivity index (χ0v) is 11.9. The number of nitrogens with one attached hydrogen (secondary N) is 1. The van der Waals surface area contributed by atoms with Crippen LogP contribution >= 0.6 is 11.3 Å². The quantitative estimate of drug-likeness (QED) is 0.665. The smallest absolute Gasteiger partial charge is 0.258 e. The van der Waals surface area contributed by atoms with E-state index in [-0.39, 0.29) is 11.3 Å². The molecule has 22 heavy (non-hydrogen) atoms. The first-order valence-corrected chi connectivity index (χ1v) is 7.57. The second-order valence-corrected chi connectivity index (χ2v) is 6.43. The molecule has 1 aromatic heterocycles. The SMILES string of the molecule is O=[N+]([O-])c1cccc(S(=O)(=O)Nc2nnc(C(F)(F)F)s2)c1. The molecule has 0 unspecified atom stereocenters. The Bertz CT molecular complexity index is 818. The molecule has 0 bridgehead atoms. The van der Waals surface area contributed by atoms with Crippen molar-refractivity contribution in [2.45, 2.75) is 11.1 Å². The van der Waals surface area contributed by atoms with Crippen molar-refractivity contribution in [1.82, 2.24) is 10.2 Å². The number of nitro benzene ring substituents is 1. The first kappa shape index (κ1) is 16.1. The average molecular weight is 354 g/mol. The number of anilines is 1. The molecule has 13 heteroatoms. The number of hydrogen-bond donors (Lipinski definition) is 1. The Morgan fingerprint density at radius 3 is 2.50 bits per heavy atom. The Balaban J connectivity index is 2.30. The van der Waals surface area contributed by atoms with Gasteiger partial charge in [0.15, 0.2) is 0 Å². The van der Waals surface area contributed by atoms with E-state index in [9.17, 15) is 31.7 Å². The third-order valence-electron chi connectivity index (χ3n) is 2.23. The number of halogens is 3. The Morgan fingerprint density at radius 1 is 1.27 bits per heavy atom. The van der Waals surface area contributed by atoms with E-state index < -0.39 is 41.8 Å². The minimum Gasteiger partial charge on any atom is -0.258 e. The van der Waals surface area contributed by atoms with Crippen LogP contribution < -0.4 is 4.72 Å². The first-order valence-electron chi connectivity index (χ1n) is 5.27. The molecule has 1 aromatic carbocycles. The number of hydrogen-bond acceptors (Lipinski definition) is 7. The number of sulfonamides is 1. The van der Waals surface area contributed by atoms with Crippen LogP contribution in [0.4, 0.5) is 24.0 Å². The largest absolute Gasteiger partial charge is 0.445 e. The summed E-state index contributed by atoms with van der Waals surface area (Å²) in [6.45, 7) is 0. The third kappa shape index (κ3) is 3.48. The molecular formula is C9H5F3N4O4S2. The molecule has 0 saturated carbocycles. The molecule has 0 fully saturated rings. The van der Waals surface area contributed by atoms with Gasteiger partial charge in [0.25, 0.3) is 15.7 Å². The number of alkyl halides is 3. The second-order valence-electron chi connectivity index (χ2n) is 3.77. The van der Waals surface area contributed by atoms with Crippen molar-refractivity contribution in [2.24, 2.45) is 0 Å². The van der Waals surface area contributed by atoms with E-state index >= 15 is 0 Å². The van der Waals surface area contributed by atoms with Crippen molar-refractivity contribution in [1.29, 1.82) is 0 Å². The summed E-state index contributed by atoms with van der Waals surface area (Å²) in [5.74, 6) is 0. The van der Waals surface area contributed by atoms with E-state index in [4.69, 9.17) is 0 Å². The molecule has 0 radical (unpaired) electrons. The van der Waals surface area contributed by atoms with E-state index in [1.165, 1.54) is 0 Å². The standard InChI is InChI=1S/C9H5F3N4O4S2/c10-9(11,12)7-13-14-8(21-7)15-22(19,20)6-3-1-2-5(4-6)16(17)18/h1-4H,(H,14,15). The van der Waals surface area contributed by atoms with Gasteiger partial charge in [0.2, 0.25) is 10.1 Å². The Hall–Kier alpha value is -2.28. The average Bonchev–Trinajstić information content (AvgIpc) is 2.86. The minimum absolute atomic E-state index is 0.000484. The second kappa shape index (κ2) is 5.49. The van der Waals surface area contributed by atoms with Gasteiger partial charge in [0.1, 0.15) is 0 Å². The molecule has 0 atom stereocenters. The first-order chi connectivity index (χ1) is 10.1. The molecule has 0 aliphatic carbocycles. The van der Waals surface area contributed by atoms with Gasteiger partial charge < -0.3 is 0 Å². The van der Waals surface area contributed by atoms with Crippen LogP contribution in [0.2, 0.25) is 0 Å². The Morgan fingerprint density at radius 2 is 1.95 bits per heavy atom. The van der Waals surface area contributed by atoms with Crippen molar-refractivity contribution < 1.29 is 26.5 Å². The van der Waals surface area contributed by atoms with Gasteiger partial charge in [-0.3, -0.25) is 14.8 Å². The van der Waals surface area contributed by atoms with Crippen LogP contribution in [0, 0.1) is 10.1 Å². The lowest BCUT2D eigenvalue weighted by molar-refractivity contribution is -0.385. The van der Waals surface area contributed by atoms with E-state index in [1.54, 1.807) is 4.72 Å². The van der Waals surface area contributed by atoms with Crippen LogP contribution in [0.5, 0.6) is 0 Å². The minimum atomic E-state index is -4.74. The molecule has 2 rings (SSSR count). The summed E-state index contributed by atoms with van der Waals surface area (Å²) in [6.07, 6.45) is -4.74. The van der Waals surface area contributed by atoms with Crippen molar-refractivity contribution in [3.63, 3.8) is 0 Å². The van der Waals surface area contributed by atoms with Gasteiger partial charge in [-0.05, 0) is 6.07 Å². The lowest BCUT2D eigenvalue weighted by Crippen LogP contribution is -2.13. The number of nitro groups is 1. The fourth-order valence-corrected chi connectivity index (χ4v) is 3.20. The third-order valence-corrected chi connectivity index (χ3v) is 4.58. The number of benzene rings is 1. The summed E-state index contributed by atoms with van der Waals surface area (Å²) in [7, 11) is -4.32. The number of non-ortho nitro benzene ring substituents is 1. The maximum atomic E-state index is 12.4. The van der Waals surface area contributed by atoms with Gasteiger partial charge in [0, 0.05) is 12.1 Å². The maximum Gasteiger partial charge on any atom is 0.445 e. The Labute approximate surface area is 124 Å². The van der Waals surface area contributed by atoms with Crippen LogP contribution in [-0.4, -0.2) is 23.5 Å². The van der Waals surface area contributed by atoms with Gasteiger partial charge in [-0.2, -0.15) is 13.2 Å². The molecule has 0 aliphatic rings. The highest BCUT2D eigenvalue weighted by Gasteiger charge is 2.36. The summed E-state index contributed by atoms with van der Waals surface area (Å²) in [4.78, 5) is 9.32. The lowest BCUT2D eigenvalue weighted by atomic mass is 10.3. The Kier molecular flexibility index (Phi) is 4.02.